The number of methoxy groups -OCH3 is 2. The lowest BCUT2D eigenvalue weighted by Gasteiger charge is -2.10. The molecule has 0 unspecified atom stereocenters. The molecular weight excluding hydrogens is 296 g/mol. The van der Waals surface area contributed by atoms with Gasteiger partial charge in [0.1, 0.15) is 5.82 Å². The summed E-state index contributed by atoms with van der Waals surface area (Å²) in [4.78, 5) is 15.8. The second kappa shape index (κ2) is 8.03. The van der Waals surface area contributed by atoms with Gasteiger partial charge in [-0.3, -0.25) is 0 Å². The molecule has 6 nitrogen and oxygen atoms in total. The monoisotopic (exact) mass is 316 g/mol. The van der Waals surface area contributed by atoms with Gasteiger partial charge in [-0.25, -0.2) is 9.78 Å². The van der Waals surface area contributed by atoms with Crippen molar-refractivity contribution in [3.8, 4) is 11.5 Å². The minimum Gasteiger partial charge on any atom is -0.493 e. The molecule has 0 aliphatic heterocycles. The second-order valence-corrected chi connectivity index (χ2v) is 4.70. The Morgan fingerprint density at radius 3 is 2.52 bits per heavy atom. The Hall–Kier alpha value is -2.76. The maximum atomic E-state index is 11.6. The number of hydrogen-bond acceptors (Lipinski definition) is 6. The molecule has 2 aromatic rings. The van der Waals surface area contributed by atoms with Crippen LogP contribution in [0.25, 0.3) is 0 Å². The van der Waals surface area contributed by atoms with Crippen molar-refractivity contribution in [2.75, 3.05) is 26.1 Å². The number of carbonyl (C=O) groups is 1. The van der Waals surface area contributed by atoms with Crippen molar-refractivity contribution in [1.82, 2.24) is 4.98 Å². The third-order valence-electron chi connectivity index (χ3n) is 3.20. The zero-order valence-electron chi connectivity index (χ0n) is 13.5. The van der Waals surface area contributed by atoms with Crippen molar-refractivity contribution in [1.29, 1.82) is 0 Å². The highest BCUT2D eigenvalue weighted by atomic mass is 16.5. The van der Waals surface area contributed by atoms with Crippen LogP contribution in [0.15, 0.2) is 36.5 Å². The van der Waals surface area contributed by atoms with E-state index in [2.05, 4.69) is 10.3 Å². The Balaban J connectivity index is 1.99. The molecule has 0 radical (unpaired) electrons. The van der Waals surface area contributed by atoms with Crippen LogP contribution in [0.5, 0.6) is 11.5 Å². The second-order valence-electron chi connectivity index (χ2n) is 4.70. The molecule has 0 spiro atoms. The molecule has 0 aliphatic carbocycles. The van der Waals surface area contributed by atoms with Gasteiger partial charge in [-0.15, -0.1) is 0 Å². The van der Waals surface area contributed by atoms with Crippen molar-refractivity contribution < 1.29 is 19.0 Å². The molecule has 0 fully saturated rings. The lowest BCUT2D eigenvalue weighted by molar-refractivity contribution is 0.0526. The Bertz CT molecular complexity index is 656. The van der Waals surface area contributed by atoms with Crippen molar-refractivity contribution >= 4 is 11.8 Å². The molecule has 122 valence electrons. The normalized spacial score (nSPS) is 10.0. The maximum absolute atomic E-state index is 11.6. The topological polar surface area (TPSA) is 69.7 Å². The van der Waals surface area contributed by atoms with E-state index < -0.39 is 0 Å². The number of aromatic nitrogens is 1. The Morgan fingerprint density at radius 1 is 1.13 bits per heavy atom. The Morgan fingerprint density at radius 2 is 1.91 bits per heavy atom. The number of nitrogens with one attached hydrogen (secondary N) is 1. The van der Waals surface area contributed by atoms with E-state index in [0.29, 0.717) is 36.0 Å². The first-order valence-corrected chi connectivity index (χ1v) is 7.26. The molecular formula is C17H20N2O4. The van der Waals surface area contributed by atoms with E-state index >= 15 is 0 Å². The number of pyridine rings is 1. The molecule has 0 bridgehead atoms. The maximum Gasteiger partial charge on any atom is 0.339 e. The molecule has 1 aromatic heterocycles. The van der Waals surface area contributed by atoms with E-state index in [9.17, 15) is 4.79 Å². The minimum absolute atomic E-state index is 0.345. The van der Waals surface area contributed by atoms with Crippen LogP contribution in [-0.2, 0) is 11.3 Å². The lowest BCUT2D eigenvalue weighted by Crippen LogP contribution is -2.06. The third-order valence-corrected chi connectivity index (χ3v) is 3.20. The third kappa shape index (κ3) is 4.35. The summed E-state index contributed by atoms with van der Waals surface area (Å²) in [6, 6.07) is 9.13. The van der Waals surface area contributed by atoms with Crippen molar-refractivity contribution in [3.63, 3.8) is 0 Å². The van der Waals surface area contributed by atoms with Crippen LogP contribution < -0.4 is 14.8 Å². The van der Waals surface area contributed by atoms with E-state index in [0.717, 1.165) is 5.56 Å². The fraction of sp³-hybridized carbons (Fsp3) is 0.294. The molecule has 0 saturated carbocycles. The SMILES string of the molecule is CCOC(=O)c1ccc(NCc2ccc(OC)c(OC)c2)nc1. The molecule has 6 heteroatoms. The summed E-state index contributed by atoms with van der Waals surface area (Å²) in [5, 5.41) is 3.19. The Labute approximate surface area is 135 Å². The van der Waals surface area contributed by atoms with Crippen LogP contribution in [0.1, 0.15) is 22.8 Å². The van der Waals surface area contributed by atoms with Gasteiger partial charge >= 0.3 is 5.97 Å². The van der Waals surface area contributed by atoms with Gasteiger partial charge in [0, 0.05) is 12.7 Å². The smallest absolute Gasteiger partial charge is 0.339 e. The average molecular weight is 316 g/mol. The van der Waals surface area contributed by atoms with E-state index in [4.69, 9.17) is 14.2 Å². The largest absolute Gasteiger partial charge is 0.493 e. The molecule has 1 heterocycles. The lowest BCUT2D eigenvalue weighted by atomic mass is 10.2. The zero-order chi connectivity index (χ0) is 16.7. The highest BCUT2D eigenvalue weighted by molar-refractivity contribution is 5.89. The molecule has 2 rings (SSSR count). The van der Waals surface area contributed by atoms with Gasteiger partial charge in [0.25, 0.3) is 0 Å². The summed E-state index contributed by atoms with van der Waals surface area (Å²) >= 11 is 0. The van der Waals surface area contributed by atoms with Crippen molar-refractivity contribution in [2.24, 2.45) is 0 Å². The molecule has 1 N–H and O–H groups in total. The van der Waals surface area contributed by atoms with Gasteiger partial charge in [0.15, 0.2) is 11.5 Å². The summed E-state index contributed by atoms with van der Waals surface area (Å²) in [5.74, 6) is 1.67. The van der Waals surface area contributed by atoms with E-state index in [1.54, 1.807) is 33.3 Å². The van der Waals surface area contributed by atoms with E-state index in [1.165, 1.54) is 6.20 Å². The van der Waals surface area contributed by atoms with Crippen molar-refractivity contribution in [2.45, 2.75) is 13.5 Å². The number of carbonyl (C=O) groups excluding carboxylic acids is 1. The van der Waals surface area contributed by atoms with Crippen molar-refractivity contribution in [3.05, 3.63) is 47.7 Å². The van der Waals surface area contributed by atoms with Gasteiger partial charge in [-0.2, -0.15) is 0 Å². The van der Waals surface area contributed by atoms with Gasteiger partial charge in [-0.05, 0) is 36.8 Å². The van der Waals surface area contributed by atoms with Crippen LogP contribution >= 0.6 is 0 Å². The first-order valence-electron chi connectivity index (χ1n) is 7.26. The highest BCUT2D eigenvalue weighted by Gasteiger charge is 2.07. The average Bonchev–Trinajstić information content (AvgIpc) is 2.60. The number of rotatable bonds is 7. The zero-order valence-corrected chi connectivity index (χ0v) is 13.5. The molecule has 1 aromatic carbocycles. The van der Waals surface area contributed by atoms with Gasteiger partial charge < -0.3 is 19.5 Å². The fourth-order valence-corrected chi connectivity index (χ4v) is 2.02. The number of anilines is 1. The fourth-order valence-electron chi connectivity index (χ4n) is 2.02. The summed E-state index contributed by atoms with van der Waals surface area (Å²) in [7, 11) is 3.20. The van der Waals surface area contributed by atoms with E-state index in [1.807, 2.05) is 18.2 Å². The van der Waals surface area contributed by atoms with Crippen LogP contribution in [0, 0.1) is 0 Å². The first-order chi connectivity index (χ1) is 11.2. The Kier molecular flexibility index (Phi) is 5.80. The van der Waals surface area contributed by atoms with Crippen LogP contribution in [0.2, 0.25) is 0 Å². The molecule has 0 amide bonds. The number of esters is 1. The molecule has 23 heavy (non-hydrogen) atoms. The van der Waals surface area contributed by atoms with E-state index in [-0.39, 0.29) is 5.97 Å². The number of benzene rings is 1. The number of nitrogens with zero attached hydrogens (tertiary/aromatic N) is 1. The number of hydrogen-bond donors (Lipinski definition) is 1. The summed E-state index contributed by atoms with van der Waals surface area (Å²) < 4.78 is 15.4. The van der Waals surface area contributed by atoms with Gasteiger partial charge in [0.05, 0.1) is 26.4 Å². The van der Waals surface area contributed by atoms with Gasteiger partial charge in [-0.1, -0.05) is 6.07 Å². The summed E-state index contributed by atoms with van der Waals surface area (Å²) in [5.41, 5.74) is 1.46. The summed E-state index contributed by atoms with van der Waals surface area (Å²) in [6.45, 7) is 2.69. The molecule has 0 aliphatic rings. The molecule has 0 atom stereocenters. The standard InChI is InChI=1S/C17H20N2O4/c1-4-23-17(20)13-6-8-16(19-11-13)18-10-12-5-7-14(21-2)15(9-12)22-3/h5-9,11H,4,10H2,1-3H3,(H,18,19). The molecule has 0 saturated heterocycles. The highest BCUT2D eigenvalue weighted by Crippen LogP contribution is 2.27. The predicted molar refractivity (Wildman–Crippen MR) is 87.1 cm³/mol. The van der Waals surface area contributed by atoms with Crippen LogP contribution in [-0.4, -0.2) is 31.8 Å². The first kappa shape index (κ1) is 16.6. The van der Waals surface area contributed by atoms with Gasteiger partial charge in [0.2, 0.25) is 0 Å². The number of ether oxygens (including phenoxy) is 3. The quantitative estimate of drug-likeness (QED) is 0.792. The van der Waals surface area contributed by atoms with Crippen LogP contribution in [0.4, 0.5) is 5.82 Å². The van der Waals surface area contributed by atoms with Crippen LogP contribution in [0.3, 0.4) is 0 Å². The predicted octanol–water partition coefficient (Wildman–Crippen LogP) is 2.89. The summed E-state index contributed by atoms with van der Waals surface area (Å²) in [6.07, 6.45) is 1.49. The minimum atomic E-state index is -0.369.